The van der Waals surface area contributed by atoms with Crippen molar-refractivity contribution in [2.75, 3.05) is 19.5 Å². The number of phenolic OH excluding ortho intramolecular Hbond substituents is 1. The molecule has 0 saturated carbocycles. The van der Waals surface area contributed by atoms with Gasteiger partial charge in [-0.15, -0.1) is 0 Å². The fourth-order valence-corrected chi connectivity index (χ4v) is 2.31. The molecule has 1 atom stereocenters. The van der Waals surface area contributed by atoms with Crippen molar-refractivity contribution in [2.24, 2.45) is 0 Å². The maximum Gasteiger partial charge on any atom is 0.224 e. The number of aromatic hydroxyl groups is 1. The monoisotopic (exact) mass is 331 g/mol. The number of anilines is 1. The standard InChI is InChI=1S/C18H21NO5/c1-23-12-7-8-13(17(11-12)24-2)15(20)9-10-18(22)19-14-5-3-4-6-16(14)21/h3-8,11,15,20-21H,9-10H2,1-2H3,(H,19,22). The molecule has 0 aromatic heterocycles. The summed E-state index contributed by atoms with van der Waals surface area (Å²) in [4.78, 5) is 12.0. The number of nitrogens with one attached hydrogen (secondary N) is 1. The Bertz CT molecular complexity index is 702. The Morgan fingerprint density at radius 3 is 2.58 bits per heavy atom. The zero-order valence-electron chi connectivity index (χ0n) is 13.7. The van der Waals surface area contributed by atoms with Gasteiger partial charge in [0.2, 0.25) is 5.91 Å². The van der Waals surface area contributed by atoms with Crippen molar-refractivity contribution in [1.29, 1.82) is 0 Å². The van der Waals surface area contributed by atoms with E-state index in [4.69, 9.17) is 9.47 Å². The fourth-order valence-electron chi connectivity index (χ4n) is 2.31. The number of benzene rings is 2. The van der Waals surface area contributed by atoms with Gasteiger partial charge in [0.1, 0.15) is 17.2 Å². The molecular weight excluding hydrogens is 310 g/mol. The quantitative estimate of drug-likeness (QED) is 0.679. The van der Waals surface area contributed by atoms with Crippen molar-refractivity contribution >= 4 is 11.6 Å². The molecule has 6 nitrogen and oxygen atoms in total. The minimum atomic E-state index is -0.846. The van der Waals surface area contributed by atoms with E-state index in [0.29, 0.717) is 22.7 Å². The first-order valence-electron chi connectivity index (χ1n) is 7.53. The largest absolute Gasteiger partial charge is 0.506 e. The van der Waals surface area contributed by atoms with Crippen LogP contribution in [0.5, 0.6) is 17.2 Å². The second-order valence-corrected chi connectivity index (χ2v) is 5.23. The number of amides is 1. The number of carbonyl (C=O) groups excluding carboxylic acids is 1. The Morgan fingerprint density at radius 2 is 1.92 bits per heavy atom. The zero-order chi connectivity index (χ0) is 17.5. The van der Waals surface area contributed by atoms with Crippen molar-refractivity contribution < 1.29 is 24.5 Å². The minimum Gasteiger partial charge on any atom is -0.506 e. The van der Waals surface area contributed by atoms with Gasteiger partial charge in [-0.1, -0.05) is 12.1 Å². The minimum absolute atomic E-state index is 0.00298. The Balaban J connectivity index is 1.96. The first-order valence-corrected chi connectivity index (χ1v) is 7.53. The first kappa shape index (κ1) is 17.6. The van der Waals surface area contributed by atoms with Crippen LogP contribution in [0.4, 0.5) is 5.69 Å². The molecule has 24 heavy (non-hydrogen) atoms. The van der Waals surface area contributed by atoms with E-state index >= 15 is 0 Å². The maximum atomic E-state index is 12.0. The second kappa shape index (κ2) is 8.21. The van der Waals surface area contributed by atoms with E-state index in [9.17, 15) is 15.0 Å². The van der Waals surface area contributed by atoms with E-state index in [1.54, 1.807) is 43.5 Å². The van der Waals surface area contributed by atoms with Gasteiger partial charge >= 0.3 is 0 Å². The summed E-state index contributed by atoms with van der Waals surface area (Å²) in [5, 5.41) is 22.6. The molecule has 1 amide bonds. The molecule has 0 radical (unpaired) electrons. The van der Waals surface area contributed by atoms with E-state index in [2.05, 4.69) is 5.32 Å². The number of para-hydroxylation sites is 2. The Labute approximate surface area is 140 Å². The summed E-state index contributed by atoms with van der Waals surface area (Å²) in [6, 6.07) is 11.6. The molecule has 0 saturated heterocycles. The lowest BCUT2D eigenvalue weighted by molar-refractivity contribution is -0.116. The van der Waals surface area contributed by atoms with Gasteiger partial charge in [-0.3, -0.25) is 4.79 Å². The van der Waals surface area contributed by atoms with Crippen LogP contribution < -0.4 is 14.8 Å². The van der Waals surface area contributed by atoms with Crippen molar-refractivity contribution in [3.63, 3.8) is 0 Å². The lowest BCUT2D eigenvalue weighted by atomic mass is 10.0. The molecule has 1 unspecified atom stereocenters. The summed E-state index contributed by atoms with van der Waals surface area (Å²) in [5.41, 5.74) is 0.938. The van der Waals surface area contributed by atoms with Gasteiger partial charge in [0, 0.05) is 18.1 Å². The molecule has 0 heterocycles. The molecule has 128 valence electrons. The van der Waals surface area contributed by atoms with Gasteiger partial charge < -0.3 is 25.0 Å². The molecule has 6 heteroatoms. The van der Waals surface area contributed by atoms with Crippen LogP contribution in [0.25, 0.3) is 0 Å². The Morgan fingerprint density at radius 1 is 1.17 bits per heavy atom. The fraction of sp³-hybridized carbons (Fsp3) is 0.278. The van der Waals surface area contributed by atoms with Crippen LogP contribution in [0.15, 0.2) is 42.5 Å². The third kappa shape index (κ3) is 4.39. The van der Waals surface area contributed by atoms with Gasteiger partial charge in [-0.05, 0) is 30.7 Å². The molecule has 2 rings (SSSR count). The molecule has 0 aliphatic carbocycles. The molecule has 0 aliphatic rings. The average molecular weight is 331 g/mol. The molecule has 0 spiro atoms. The van der Waals surface area contributed by atoms with Crippen LogP contribution >= 0.6 is 0 Å². The predicted octanol–water partition coefficient (Wildman–Crippen LogP) is 2.86. The summed E-state index contributed by atoms with van der Waals surface area (Å²) in [6.07, 6.45) is -0.520. The number of carbonyl (C=O) groups is 1. The number of aliphatic hydroxyl groups is 1. The molecule has 3 N–H and O–H groups in total. The van der Waals surface area contributed by atoms with E-state index in [-0.39, 0.29) is 24.5 Å². The summed E-state index contributed by atoms with van der Waals surface area (Å²) in [7, 11) is 3.06. The van der Waals surface area contributed by atoms with Crippen LogP contribution in [0, 0.1) is 0 Å². The molecule has 2 aromatic rings. The van der Waals surface area contributed by atoms with Crippen LogP contribution in [0.3, 0.4) is 0 Å². The highest BCUT2D eigenvalue weighted by molar-refractivity contribution is 5.92. The smallest absolute Gasteiger partial charge is 0.224 e. The SMILES string of the molecule is COc1ccc(C(O)CCC(=O)Nc2ccccc2O)c(OC)c1. The third-order valence-electron chi connectivity index (χ3n) is 3.62. The number of rotatable bonds is 7. The van der Waals surface area contributed by atoms with E-state index in [1.165, 1.54) is 13.2 Å². The lowest BCUT2D eigenvalue weighted by Crippen LogP contribution is -2.13. The van der Waals surface area contributed by atoms with Crippen molar-refractivity contribution in [2.45, 2.75) is 18.9 Å². The first-order chi connectivity index (χ1) is 11.5. The maximum absolute atomic E-state index is 12.0. The van der Waals surface area contributed by atoms with Crippen LogP contribution in [-0.4, -0.2) is 30.3 Å². The van der Waals surface area contributed by atoms with Gasteiger partial charge in [-0.2, -0.15) is 0 Å². The normalized spacial score (nSPS) is 11.6. The number of aliphatic hydroxyl groups excluding tert-OH is 1. The molecule has 0 fully saturated rings. The van der Waals surface area contributed by atoms with Crippen LogP contribution in [-0.2, 0) is 4.79 Å². The van der Waals surface area contributed by atoms with E-state index in [1.807, 2.05) is 0 Å². The van der Waals surface area contributed by atoms with E-state index < -0.39 is 6.10 Å². The van der Waals surface area contributed by atoms with Crippen LogP contribution in [0.2, 0.25) is 0 Å². The molecule has 0 aliphatic heterocycles. The predicted molar refractivity (Wildman–Crippen MR) is 90.5 cm³/mol. The van der Waals surface area contributed by atoms with E-state index in [0.717, 1.165) is 0 Å². The van der Waals surface area contributed by atoms with Gasteiger partial charge in [0.25, 0.3) is 0 Å². The summed E-state index contributed by atoms with van der Waals surface area (Å²) in [6.45, 7) is 0. The lowest BCUT2D eigenvalue weighted by Gasteiger charge is -2.15. The van der Waals surface area contributed by atoms with Crippen molar-refractivity contribution in [1.82, 2.24) is 0 Å². The second-order valence-electron chi connectivity index (χ2n) is 5.23. The highest BCUT2D eigenvalue weighted by atomic mass is 16.5. The number of ether oxygens (including phenoxy) is 2. The number of hydrogen-bond acceptors (Lipinski definition) is 5. The topological polar surface area (TPSA) is 88.0 Å². The van der Waals surface area contributed by atoms with Crippen LogP contribution in [0.1, 0.15) is 24.5 Å². The van der Waals surface area contributed by atoms with Gasteiger partial charge in [0.05, 0.1) is 26.0 Å². The average Bonchev–Trinajstić information content (AvgIpc) is 2.61. The number of methoxy groups -OCH3 is 2. The Hall–Kier alpha value is -2.73. The van der Waals surface area contributed by atoms with Crippen molar-refractivity contribution in [3.8, 4) is 17.2 Å². The van der Waals surface area contributed by atoms with Crippen molar-refractivity contribution in [3.05, 3.63) is 48.0 Å². The number of hydrogen-bond donors (Lipinski definition) is 3. The van der Waals surface area contributed by atoms with Gasteiger partial charge in [-0.25, -0.2) is 0 Å². The Kier molecular flexibility index (Phi) is 6.03. The summed E-state index contributed by atoms with van der Waals surface area (Å²) in [5.74, 6) is 0.842. The molecule has 2 aromatic carbocycles. The number of phenols is 1. The third-order valence-corrected chi connectivity index (χ3v) is 3.62. The highest BCUT2D eigenvalue weighted by Gasteiger charge is 2.16. The molecular formula is C18H21NO5. The zero-order valence-corrected chi connectivity index (χ0v) is 13.7. The summed E-state index contributed by atoms with van der Waals surface area (Å²) >= 11 is 0. The molecule has 0 bridgehead atoms. The highest BCUT2D eigenvalue weighted by Crippen LogP contribution is 2.31. The van der Waals surface area contributed by atoms with Gasteiger partial charge in [0.15, 0.2) is 0 Å². The summed E-state index contributed by atoms with van der Waals surface area (Å²) < 4.78 is 10.4.